The average Bonchev–Trinajstić information content (AvgIpc) is 2.84. The molecule has 2 amide bonds. The summed E-state index contributed by atoms with van der Waals surface area (Å²) in [6.45, 7) is 10.0. The lowest BCUT2D eigenvalue weighted by Crippen LogP contribution is -2.50. The fourth-order valence-corrected chi connectivity index (χ4v) is 5.28. The van der Waals surface area contributed by atoms with Gasteiger partial charge in [0.1, 0.15) is 6.04 Å². The molecule has 2 aromatic carbocycles. The molecule has 0 saturated carbocycles. The summed E-state index contributed by atoms with van der Waals surface area (Å²) in [4.78, 5) is 28.2. The first-order valence-corrected chi connectivity index (χ1v) is 15.0. The van der Waals surface area contributed by atoms with Crippen LogP contribution in [0.25, 0.3) is 0 Å². The zero-order chi connectivity index (χ0) is 27.8. The maximum absolute atomic E-state index is 13.5. The molecule has 0 saturated heterocycles. The molecule has 7 nitrogen and oxygen atoms in total. The van der Waals surface area contributed by atoms with Crippen LogP contribution in [0.2, 0.25) is 5.02 Å². The number of rotatable bonds is 13. The number of halogens is 1. The van der Waals surface area contributed by atoms with Gasteiger partial charge in [0, 0.05) is 30.6 Å². The summed E-state index contributed by atoms with van der Waals surface area (Å²) in [6, 6.07) is 12.4. The van der Waals surface area contributed by atoms with Crippen molar-refractivity contribution in [1.29, 1.82) is 0 Å². The summed E-state index contributed by atoms with van der Waals surface area (Å²) in [5.41, 5.74) is 3.20. The highest BCUT2D eigenvalue weighted by molar-refractivity contribution is 7.92. The highest BCUT2D eigenvalue weighted by Gasteiger charge is 2.29. The lowest BCUT2D eigenvalue weighted by atomic mass is 10.1. The minimum absolute atomic E-state index is 0.00197. The number of benzene rings is 2. The predicted molar refractivity (Wildman–Crippen MR) is 151 cm³/mol. The van der Waals surface area contributed by atoms with Crippen molar-refractivity contribution in [3.63, 3.8) is 0 Å². The van der Waals surface area contributed by atoms with Gasteiger partial charge < -0.3 is 10.2 Å². The fourth-order valence-electron chi connectivity index (χ4n) is 4.10. The molecule has 204 valence electrons. The van der Waals surface area contributed by atoms with E-state index < -0.39 is 16.1 Å². The first-order chi connectivity index (χ1) is 17.4. The number of nitrogens with one attached hydrogen (secondary N) is 1. The number of nitrogens with zero attached hydrogens (tertiary/aromatic N) is 2. The van der Waals surface area contributed by atoms with Crippen LogP contribution in [0.5, 0.6) is 0 Å². The standard InChI is InChI=1S/C28H40ClN3O4S/c1-7-21(4)30-28(34)25(8-2)31(19-23-16-14-20(3)15-17-23)27(33)13-10-18-32(37(6,35)36)26-12-9-11-24(29)22(26)5/h9,11-12,14-17,21,25H,7-8,10,13,18-19H2,1-6H3,(H,30,34). The van der Waals surface area contributed by atoms with Gasteiger partial charge in [-0.15, -0.1) is 0 Å². The van der Waals surface area contributed by atoms with E-state index >= 15 is 0 Å². The van der Waals surface area contributed by atoms with Gasteiger partial charge in [-0.05, 0) is 63.3 Å². The molecule has 0 aliphatic rings. The Labute approximate surface area is 227 Å². The number of anilines is 1. The Balaban J connectivity index is 2.25. The first kappa shape index (κ1) is 30.6. The number of sulfonamides is 1. The summed E-state index contributed by atoms with van der Waals surface area (Å²) in [6.07, 6.45) is 2.80. The second-order valence-corrected chi connectivity index (χ2v) is 11.9. The molecule has 2 rings (SSSR count). The van der Waals surface area contributed by atoms with Gasteiger partial charge in [0.05, 0.1) is 11.9 Å². The molecule has 1 N–H and O–H groups in total. The molecule has 2 atom stereocenters. The summed E-state index contributed by atoms with van der Waals surface area (Å²) in [5.74, 6) is -0.368. The average molecular weight is 550 g/mol. The third-order valence-electron chi connectivity index (χ3n) is 6.52. The van der Waals surface area contributed by atoms with Crippen molar-refractivity contribution >= 4 is 39.1 Å². The zero-order valence-corrected chi connectivity index (χ0v) is 24.3. The molecule has 0 heterocycles. The maximum atomic E-state index is 13.5. The molecule has 0 aromatic heterocycles. The van der Waals surface area contributed by atoms with E-state index in [2.05, 4.69) is 5.32 Å². The summed E-state index contributed by atoms with van der Waals surface area (Å²) in [7, 11) is -3.59. The van der Waals surface area contributed by atoms with Gasteiger partial charge in [-0.25, -0.2) is 8.42 Å². The Morgan fingerprint density at radius 3 is 2.24 bits per heavy atom. The quantitative estimate of drug-likeness (QED) is 0.371. The van der Waals surface area contributed by atoms with Crippen molar-refractivity contribution in [2.45, 2.75) is 78.9 Å². The third kappa shape index (κ3) is 8.75. The van der Waals surface area contributed by atoms with Crippen LogP contribution in [0.4, 0.5) is 5.69 Å². The van der Waals surface area contributed by atoms with Gasteiger partial charge in [-0.3, -0.25) is 13.9 Å². The number of carbonyl (C=O) groups is 2. The monoisotopic (exact) mass is 549 g/mol. The van der Waals surface area contributed by atoms with Crippen LogP contribution in [0, 0.1) is 13.8 Å². The maximum Gasteiger partial charge on any atom is 0.243 e. The van der Waals surface area contributed by atoms with Crippen molar-refractivity contribution in [3.05, 3.63) is 64.2 Å². The van der Waals surface area contributed by atoms with Gasteiger partial charge in [-0.2, -0.15) is 0 Å². The number of hydrogen-bond donors (Lipinski definition) is 1. The van der Waals surface area contributed by atoms with Crippen LogP contribution in [-0.2, 0) is 26.2 Å². The Kier molecular flexibility index (Phi) is 11.4. The summed E-state index contributed by atoms with van der Waals surface area (Å²) in [5, 5.41) is 3.48. The molecule has 2 aromatic rings. The predicted octanol–water partition coefficient (Wildman–Crippen LogP) is 5.23. The number of carbonyl (C=O) groups excluding carboxylic acids is 2. The minimum atomic E-state index is -3.59. The normalized spacial score (nSPS) is 13.1. The molecular weight excluding hydrogens is 510 g/mol. The van der Waals surface area contributed by atoms with E-state index in [1.165, 1.54) is 4.31 Å². The molecule has 9 heteroatoms. The van der Waals surface area contributed by atoms with Crippen molar-refractivity contribution in [1.82, 2.24) is 10.2 Å². The first-order valence-electron chi connectivity index (χ1n) is 12.8. The largest absolute Gasteiger partial charge is 0.352 e. The Morgan fingerprint density at radius 2 is 1.68 bits per heavy atom. The van der Waals surface area contributed by atoms with Gasteiger partial charge in [0.2, 0.25) is 21.8 Å². The van der Waals surface area contributed by atoms with E-state index in [-0.39, 0.29) is 30.8 Å². The van der Waals surface area contributed by atoms with Crippen LogP contribution >= 0.6 is 11.6 Å². The van der Waals surface area contributed by atoms with E-state index in [0.717, 1.165) is 23.8 Å². The van der Waals surface area contributed by atoms with E-state index in [0.29, 0.717) is 35.7 Å². The van der Waals surface area contributed by atoms with E-state index in [1.54, 1.807) is 30.0 Å². The SMILES string of the molecule is CCC(C)NC(=O)C(CC)N(Cc1ccc(C)cc1)C(=O)CCCN(c1cccc(Cl)c1C)S(C)(=O)=O. The molecule has 37 heavy (non-hydrogen) atoms. The second-order valence-electron chi connectivity index (χ2n) is 9.57. The molecule has 0 spiro atoms. The van der Waals surface area contributed by atoms with Gasteiger partial charge >= 0.3 is 0 Å². The molecular formula is C28H40ClN3O4S. The topological polar surface area (TPSA) is 86.8 Å². The lowest BCUT2D eigenvalue weighted by Gasteiger charge is -2.32. The van der Waals surface area contributed by atoms with Crippen molar-refractivity contribution in [3.8, 4) is 0 Å². The summed E-state index contributed by atoms with van der Waals surface area (Å²) >= 11 is 6.23. The molecule has 2 unspecified atom stereocenters. The highest BCUT2D eigenvalue weighted by atomic mass is 35.5. The Hall–Kier alpha value is -2.58. The third-order valence-corrected chi connectivity index (χ3v) is 8.11. The smallest absolute Gasteiger partial charge is 0.243 e. The van der Waals surface area contributed by atoms with Crippen LogP contribution < -0.4 is 9.62 Å². The summed E-state index contributed by atoms with van der Waals surface area (Å²) < 4.78 is 26.5. The fraction of sp³-hybridized carbons (Fsp3) is 0.500. The number of aryl methyl sites for hydroxylation is 1. The van der Waals surface area contributed by atoms with Gasteiger partial charge in [-0.1, -0.05) is 61.3 Å². The minimum Gasteiger partial charge on any atom is -0.352 e. The van der Waals surface area contributed by atoms with Gasteiger partial charge in [0.15, 0.2) is 0 Å². The van der Waals surface area contributed by atoms with Crippen molar-refractivity contribution < 1.29 is 18.0 Å². The molecule has 0 fully saturated rings. The molecule has 0 radical (unpaired) electrons. The molecule has 0 aliphatic carbocycles. The van der Waals surface area contributed by atoms with E-state index in [4.69, 9.17) is 11.6 Å². The Bertz CT molecular complexity index is 1170. The molecule has 0 bridgehead atoms. The molecule has 0 aliphatic heterocycles. The van der Waals surface area contributed by atoms with Crippen LogP contribution in [-0.4, -0.2) is 50.0 Å². The van der Waals surface area contributed by atoms with Crippen LogP contribution in [0.1, 0.15) is 63.1 Å². The van der Waals surface area contributed by atoms with Crippen molar-refractivity contribution in [2.24, 2.45) is 0 Å². The van der Waals surface area contributed by atoms with E-state index in [9.17, 15) is 18.0 Å². The van der Waals surface area contributed by atoms with Gasteiger partial charge in [0.25, 0.3) is 0 Å². The second kappa shape index (κ2) is 13.8. The van der Waals surface area contributed by atoms with Crippen LogP contribution in [0.15, 0.2) is 42.5 Å². The lowest BCUT2D eigenvalue weighted by molar-refractivity contribution is -0.141. The van der Waals surface area contributed by atoms with E-state index in [1.807, 2.05) is 52.0 Å². The Morgan fingerprint density at radius 1 is 1.03 bits per heavy atom. The zero-order valence-electron chi connectivity index (χ0n) is 22.8. The number of hydrogen-bond acceptors (Lipinski definition) is 4. The van der Waals surface area contributed by atoms with Crippen molar-refractivity contribution in [2.75, 3.05) is 17.1 Å². The number of amides is 2. The highest BCUT2D eigenvalue weighted by Crippen LogP contribution is 2.28. The van der Waals surface area contributed by atoms with Crippen LogP contribution in [0.3, 0.4) is 0 Å².